The molecule has 2 unspecified atom stereocenters. The lowest BCUT2D eigenvalue weighted by Crippen LogP contribution is -2.54. The van der Waals surface area contributed by atoms with Gasteiger partial charge < -0.3 is 36.8 Å². The lowest BCUT2D eigenvalue weighted by Gasteiger charge is -2.42. The summed E-state index contributed by atoms with van der Waals surface area (Å²) in [6.07, 6.45) is 27.0. The molecule has 6 saturated carbocycles. The van der Waals surface area contributed by atoms with Crippen molar-refractivity contribution in [2.24, 2.45) is 44.7 Å². The van der Waals surface area contributed by atoms with Gasteiger partial charge >= 0.3 is 5.97 Å². The Morgan fingerprint density at radius 2 is 1.15 bits per heavy atom. The first-order chi connectivity index (χ1) is 47.4. The average molecular weight is 1370 g/mol. The molecular weight excluding hydrogens is 1280 g/mol. The molecule has 2 aromatic carbocycles. The normalized spacial score (nSPS) is 23.4. The highest BCUT2D eigenvalue weighted by Crippen LogP contribution is 2.45. The Hall–Kier alpha value is -9.15. The van der Waals surface area contributed by atoms with Crippen LogP contribution >= 0.6 is 12.4 Å². The number of aliphatic imine (C=N–C) groups is 1. The maximum absolute atomic E-state index is 13.4. The zero-order chi connectivity index (χ0) is 68.7. The Morgan fingerprint density at radius 3 is 1.61 bits per heavy atom. The number of aromatic nitrogens is 2. The van der Waals surface area contributed by atoms with Crippen molar-refractivity contribution in [2.45, 2.75) is 178 Å². The number of nitrogens with zero attached hydrogens (tertiary/aromatic N) is 6. The van der Waals surface area contributed by atoms with Crippen molar-refractivity contribution in [3.05, 3.63) is 88.4 Å². The van der Waals surface area contributed by atoms with Crippen molar-refractivity contribution in [3.63, 3.8) is 0 Å². The molecule has 7 heterocycles. The van der Waals surface area contributed by atoms with Crippen molar-refractivity contribution in [1.29, 1.82) is 0 Å². The molecule has 9 amide bonds. The van der Waals surface area contributed by atoms with Gasteiger partial charge in [-0.3, -0.25) is 78.1 Å². The third-order valence-electron chi connectivity index (χ3n) is 20.8. The Balaban J connectivity index is 0.000000153. The van der Waals surface area contributed by atoms with Gasteiger partial charge in [0.1, 0.15) is 22.9 Å². The number of halogens is 1. The Morgan fingerprint density at radius 1 is 0.646 bits per heavy atom. The van der Waals surface area contributed by atoms with Crippen molar-refractivity contribution in [3.8, 4) is 35.5 Å². The van der Waals surface area contributed by atoms with Crippen LogP contribution in [0.25, 0.3) is 0 Å². The molecule has 1 aromatic heterocycles. The first kappa shape index (κ1) is 71.1. The van der Waals surface area contributed by atoms with E-state index in [2.05, 4.69) is 72.2 Å². The van der Waals surface area contributed by atoms with Crippen LogP contribution < -0.4 is 32.3 Å². The monoisotopic (exact) mass is 1370 g/mol. The van der Waals surface area contributed by atoms with Gasteiger partial charge in [0.15, 0.2) is 0 Å². The van der Waals surface area contributed by atoms with E-state index in [1.807, 2.05) is 15.8 Å². The number of hydrogen-bond donors (Lipinski definition) is 8. The molecule has 24 nitrogen and oxygen atoms in total. The van der Waals surface area contributed by atoms with Gasteiger partial charge in [-0.15, -0.1) is 12.4 Å². The predicted octanol–water partition coefficient (Wildman–Crippen LogP) is 6.45. The number of imide groups is 4. The molecule has 10 fully saturated rings. The Bertz CT molecular complexity index is 3930. The van der Waals surface area contributed by atoms with Crippen LogP contribution in [0.3, 0.4) is 0 Å². The number of nitrogens with two attached hydrogens (primary N) is 1. The highest BCUT2D eigenvalue weighted by atomic mass is 35.5. The minimum absolute atomic E-state index is 0. The third-order valence-corrected chi connectivity index (χ3v) is 20.8. The molecule has 12 aliphatic rings. The zero-order valence-corrected chi connectivity index (χ0v) is 56.5. The number of carbonyl (C=O) groups is 10. The van der Waals surface area contributed by atoms with E-state index in [9.17, 15) is 47.9 Å². The number of carboxylic acids is 1. The number of aliphatic hydroxyl groups is 1. The molecule has 9 N–H and O–H groups in total. The second kappa shape index (κ2) is 30.9. The topological polar surface area (TPSA) is 337 Å². The number of aliphatic hydroxyl groups excluding tert-OH is 1. The minimum Gasteiger partial charge on any atom is -0.480 e. The Labute approximate surface area is 582 Å². The number of amides is 9. The van der Waals surface area contributed by atoms with E-state index in [0.29, 0.717) is 55.3 Å². The number of carbonyl (C=O) groups excluding carboxylic acids is 9. The number of carboxylic acid groups (broad SMARTS) is 1. The molecular formula is C74H87ClN12O12. The van der Waals surface area contributed by atoms with Gasteiger partial charge in [-0.05, 0) is 166 Å². The maximum atomic E-state index is 13.4. The lowest BCUT2D eigenvalue weighted by molar-refractivity contribution is -0.149. The molecule has 4 saturated heterocycles. The van der Waals surface area contributed by atoms with Crippen molar-refractivity contribution < 1.29 is 58.2 Å². The fourth-order valence-corrected chi connectivity index (χ4v) is 13.5. The van der Waals surface area contributed by atoms with E-state index in [4.69, 9.17) is 15.9 Å². The average Bonchev–Trinajstić information content (AvgIpc) is 1.73. The van der Waals surface area contributed by atoms with Crippen molar-refractivity contribution in [2.75, 3.05) is 50.0 Å². The number of hydrogen-bond acceptors (Lipinski definition) is 17. The van der Waals surface area contributed by atoms with E-state index in [-0.39, 0.29) is 90.4 Å². The summed E-state index contributed by atoms with van der Waals surface area (Å²) in [7, 11) is 0. The van der Waals surface area contributed by atoms with Gasteiger partial charge in [-0.1, -0.05) is 54.1 Å². The molecule has 6 aliphatic carbocycles. The van der Waals surface area contributed by atoms with Crippen molar-refractivity contribution in [1.82, 2.24) is 40.4 Å². The minimum atomic E-state index is -1.01. The molecule has 3 aromatic rings. The first-order valence-corrected chi connectivity index (χ1v) is 35.0. The summed E-state index contributed by atoms with van der Waals surface area (Å²) in [4.78, 5) is 133. The number of aliphatic carboxylic acids is 1. The quantitative estimate of drug-likeness (QED) is 0.0488. The number of fused-ring (bicyclic) bond motifs is 2. The van der Waals surface area contributed by atoms with Crippen LogP contribution in [-0.2, 0) is 35.3 Å². The van der Waals surface area contributed by atoms with E-state index in [1.165, 1.54) is 51.1 Å². The highest BCUT2D eigenvalue weighted by Gasteiger charge is 2.49. The molecule has 15 rings (SSSR count). The summed E-state index contributed by atoms with van der Waals surface area (Å²) in [5, 5.41) is 36.7. The number of benzene rings is 2. The first-order valence-electron chi connectivity index (χ1n) is 35.0. The summed E-state index contributed by atoms with van der Waals surface area (Å²) < 4.78 is 1.96. The second-order valence-corrected chi connectivity index (χ2v) is 28.0. The highest BCUT2D eigenvalue weighted by molar-refractivity contribution is 6.26. The second-order valence-electron chi connectivity index (χ2n) is 28.0. The summed E-state index contributed by atoms with van der Waals surface area (Å²) in [5.74, 6) is 16.1. The summed E-state index contributed by atoms with van der Waals surface area (Å²) in [5.41, 5.74) is 8.23. The molecule has 0 radical (unpaired) electrons. The zero-order valence-electron chi connectivity index (χ0n) is 55.7. The molecule has 0 bridgehead atoms. The van der Waals surface area contributed by atoms with Crippen LogP contribution in [0.2, 0.25) is 0 Å². The molecule has 25 heteroatoms. The van der Waals surface area contributed by atoms with Crippen LogP contribution in [0.4, 0.5) is 11.4 Å². The Kier molecular flexibility index (Phi) is 22.2. The van der Waals surface area contributed by atoms with Crippen molar-refractivity contribution >= 4 is 89.1 Å². The number of piperidine rings is 4. The fourth-order valence-electron chi connectivity index (χ4n) is 13.5. The lowest BCUT2D eigenvalue weighted by atomic mass is 9.68. The number of anilines is 2. The van der Waals surface area contributed by atoms with E-state index >= 15 is 0 Å². The van der Waals surface area contributed by atoms with E-state index in [1.54, 1.807) is 48.8 Å². The van der Waals surface area contributed by atoms with Gasteiger partial charge in [0.05, 0.1) is 52.6 Å². The van der Waals surface area contributed by atoms with Gasteiger partial charge in [0.25, 0.3) is 23.6 Å². The standard InChI is InChI=1S/C32H34N6O5.C22H26N6O4.C10H12O2.C10H14O.ClH/c39-26-8-7-25(28(40)35-26)38-29(41)23-3-1-4-24(27(23)30(38)42)33-17-21-18-34-37(19-21)22-10-15-36(16-11-22)31(43)32(12-2-13-32)14-9-20-5-6-20;23-10-13(11-25-14-6-8-24-9-7-14)12-26-16-3-1-2-15-19(16)22(32)28(21(15)31)17-4-5-18(29)27-20(17)30;11-9(12)10(5-1-6-10)7-4-8-2-3-8;11-8-10(5-1-6-10)7-4-9-2-3-9;/h1,3-4,18-20,22,25,33H,2,5-8,10-13,15-17H2,(H,35,39,40);1-3,10-11,14,17,24,26H,4-9,12,23H2,(H,27,29,30);8H,1-3,5-6H2,(H,11,12);9,11H,1-3,5-6,8H2;1H. The van der Waals surface area contributed by atoms with Crippen LogP contribution in [0.15, 0.2) is 65.6 Å². The van der Waals surface area contributed by atoms with Crippen LogP contribution in [0.5, 0.6) is 0 Å². The maximum Gasteiger partial charge on any atom is 0.321 e. The fraction of sp³-hybridized carbons (Fsp3) is 0.541. The number of likely N-dealkylation sites (tertiary alicyclic amines) is 1. The smallest absolute Gasteiger partial charge is 0.321 e. The summed E-state index contributed by atoms with van der Waals surface area (Å²) in [6, 6.07) is 8.40. The molecule has 6 aliphatic heterocycles. The number of nitrogens with one attached hydrogen (secondary N) is 5. The third kappa shape index (κ3) is 16.3. The van der Waals surface area contributed by atoms with E-state index < -0.39 is 76.1 Å². The van der Waals surface area contributed by atoms with Gasteiger partial charge in [-0.2, -0.15) is 5.10 Å². The molecule has 522 valence electrons. The molecule has 99 heavy (non-hydrogen) atoms. The van der Waals surface area contributed by atoms with Crippen LogP contribution in [0.1, 0.15) is 201 Å². The molecule has 2 atom stereocenters. The van der Waals surface area contributed by atoms with E-state index in [0.717, 1.165) is 111 Å². The van der Waals surface area contributed by atoms with Crippen LogP contribution in [-0.4, -0.2) is 157 Å². The number of rotatable bonds is 14. The SMILES string of the molecule is Cl.NC=C(C=NC1CCNCC1)CNc1cccc2c1C(=O)N(C1CCC(=O)NC1=O)C2=O.O=C(O)C1(C#CC2CC2)CCC1.O=C1CCC(N2C(=O)c3cccc(NCc4cnn(C5CCN(C(=O)C6(C#CC7CC7)CCC6)CC5)c4)c3C2=O)C(=O)N1.OCC1(C#CC2CC2)CCC1. The van der Waals surface area contributed by atoms with Crippen LogP contribution in [0, 0.1) is 69.5 Å². The summed E-state index contributed by atoms with van der Waals surface area (Å²) in [6.45, 7) is 4.25. The summed E-state index contributed by atoms with van der Waals surface area (Å²) >= 11 is 0. The van der Waals surface area contributed by atoms with Gasteiger partial charge in [0.2, 0.25) is 29.5 Å². The van der Waals surface area contributed by atoms with Gasteiger partial charge in [0, 0.05) is 97.9 Å². The van der Waals surface area contributed by atoms with Gasteiger partial charge in [-0.25, -0.2) is 0 Å². The molecule has 0 spiro atoms. The largest absolute Gasteiger partial charge is 0.480 e. The predicted molar refractivity (Wildman–Crippen MR) is 368 cm³/mol.